The minimum Gasteiger partial charge on any atom is -0.394 e. The summed E-state index contributed by atoms with van der Waals surface area (Å²) in [7, 11) is 0. The topological polar surface area (TPSA) is 74.2 Å². The third-order valence-corrected chi connectivity index (χ3v) is 4.64. The van der Waals surface area contributed by atoms with Crippen LogP contribution in [0.4, 0.5) is 10.5 Å². The maximum Gasteiger partial charge on any atom is 0.319 e. The van der Waals surface area contributed by atoms with Gasteiger partial charge in [0.2, 0.25) is 0 Å². The van der Waals surface area contributed by atoms with Crippen molar-refractivity contribution in [2.75, 3.05) is 11.9 Å². The molecule has 0 spiro atoms. The third-order valence-electron chi connectivity index (χ3n) is 3.74. The van der Waals surface area contributed by atoms with Crippen LogP contribution in [-0.2, 0) is 6.42 Å². The molecule has 6 heteroatoms. The SMILES string of the molecule is O=C(Nc1ccc(-c2ccncc2)cc1)N[C@@H](CO)Cc1cccs1. The van der Waals surface area contributed by atoms with E-state index in [9.17, 15) is 9.90 Å². The van der Waals surface area contributed by atoms with E-state index in [0.717, 1.165) is 16.0 Å². The normalized spacial score (nSPS) is 11.7. The number of rotatable bonds is 6. The van der Waals surface area contributed by atoms with Crippen molar-refractivity contribution < 1.29 is 9.90 Å². The number of pyridine rings is 1. The van der Waals surface area contributed by atoms with Crippen LogP contribution in [0.1, 0.15) is 4.88 Å². The summed E-state index contributed by atoms with van der Waals surface area (Å²) in [6.07, 6.45) is 4.11. The van der Waals surface area contributed by atoms with Crippen molar-refractivity contribution >= 4 is 23.1 Å². The van der Waals surface area contributed by atoms with Crippen LogP contribution in [0.2, 0.25) is 0 Å². The molecule has 0 aliphatic heterocycles. The molecule has 25 heavy (non-hydrogen) atoms. The molecular weight excluding hydrogens is 334 g/mol. The van der Waals surface area contributed by atoms with Gasteiger partial charge in [0.05, 0.1) is 12.6 Å². The molecule has 1 atom stereocenters. The molecule has 1 aromatic carbocycles. The highest BCUT2D eigenvalue weighted by Crippen LogP contribution is 2.20. The van der Waals surface area contributed by atoms with Crippen LogP contribution < -0.4 is 10.6 Å². The second-order valence-electron chi connectivity index (χ2n) is 5.57. The number of aliphatic hydroxyl groups excluding tert-OH is 1. The molecule has 0 bridgehead atoms. The van der Waals surface area contributed by atoms with Gasteiger partial charge in [0.15, 0.2) is 0 Å². The number of aliphatic hydroxyl groups is 1. The Morgan fingerprint density at radius 2 is 1.80 bits per heavy atom. The molecule has 5 nitrogen and oxygen atoms in total. The van der Waals surface area contributed by atoms with Crippen molar-refractivity contribution in [3.63, 3.8) is 0 Å². The average Bonchev–Trinajstić information content (AvgIpc) is 3.15. The lowest BCUT2D eigenvalue weighted by molar-refractivity contribution is 0.224. The van der Waals surface area contributed by atoms with Gasteiger partial charge in [0.1, 0.15) is 0 Å². The molecule has 3 N–H and O–H groups in total. The highest BCUT2D eigenvalue weighted by atomic mass is 32.1. The van der Waals surface area contributed by atoms with E-state index in [4.69, 9.17) is 0 Å². The first-order chi connectivity index (χ1) is 12.2. The summed E-state index contributed by atoms with van der Waals surface area (Å²) in [5, 5.41) is 17.0. The molecular formula is C19H19N3O2S. The number of thiophene rings is 1. The van der Waals surface area contributed by atoms with E-state index in [1.54, 1.807) is 23.7 Å². The molecule has 128 valence electrons. The Bertz CT molecular complexity index is 789. The number of carbonyl (C=O) groups excluding carboxylic acids is 1. The quantitative estimate of drug-likeness (QED) is 0.635. The molecule has 0 radical (unpaired) electrons. The first-order valence-corrected chi connectivity index (χ1v) is 8.84. The summed E-state index contributed by atoms with van der Waals surface area (Å²) in [4.78, 5) is 17.3. The van der Waals surface area contributed by atoms with Gasteiger partial charge in [-0.1, -0.05) is 18.2 Å². The largest absolute Gasteiger partial charge is 0.394 e. The van der Waals surface area contributed by atoms with Crippen molar-refractivity contribution in [2.24, 2.45) is 0 Å². The molecule has 2 amide bonds. The first kappa shape index (κ1) is 17.1. The van der Waals surface area contributed by atoms with Gasteiger partial charge < -0.3 is 15.7 Å². The van der Waals surface area contributed by atoms with Gasteiger partial charge in [0.25, 0.3) is 0 Å². The number of nitrogens with one attached hydrogen (secondary N) is 2. The molecule has 2 aromatic heterocycles. The zero-order chi connectivity index (χ0) is 17.5. The number of anilines is 1. The van der Waals surface area contributed by atoms with Gasteiger partial charge in [-0.3, -0.25) is 4.98 Å². The van der Waals surface area contributed by atoms with Crippen molar-refractivity contribution in [1.29, 1.82) is 0 Å². The predicted octanol–water partition coefficient (Wildman–Crippen LogP) is 3.54. The number of urea groups is 1. The number of carbonyl (C=O) groups is 1. The first-order valence-electron chi connectivity index (χ1n) is 7.96. The Morgan fingerprint density at radius 1 is 1.08 bits per heavy atom. The predicted molar refractivity (Wildman–Crippen MR) is 101 cm³/mol. The summed E-state index contributed by atoms with van der Waals surface area (Å²) in [5.74, 6) is 0. The summed E-state index contributed by atoms with van der Waals surface area (Å²) in [6.45, 7) is -0.105. The van der Waals surface area contributed by atoms with Gasteiger partial charge in [-0.2, -0.15) is 0 Å². The Hall–Kier alpha value is -2.70. The monoisotopic (exact) mass is 353 g/mol. The third kappa shape index (κ3) is 4.89. The van der Waals surface area contributed by atoms with Crippen LogP contribution >= 0.6 is 11.3 Å². The maximum absolute atomic E-state index is 12.1. The average molecular weight is 353 g/mol. The van der Waals surface area contributed by atoms with E-state index < -0.39 is 0 Å². The zero-order valence-electron chi connectivity index (χ0n) is 13.6. The smallest absolute Gasteiger partial charge is 0.319 e. The fraction of sp³-hybridized carbons (Fsp3) is 0.158. The van der Waals surface area contributed by atoms with Crippen LogP contribution in [0.15, 0.2) is 66.3 Å². The standard InChI is InChI=1S/C19H19N3O2S/c23-13-17(12-18-2-1-11-25-18)22-19(24)21-16-5-3-14(4-6-16)15-7-9-20-10-8-15/h1-11,17,23H,12-13H2,(H2,21,22,24)/t17-/m1/s1. The summed E-state index contributed by atoms with van der Waals surface area (Å²) in [6, 6.07) is 14.8. The zero-order valence-corrected chi connectivity index (χ0v) is 14.4. The summed E-state index contributed by atoms with van der Waals surface area (Å²) < 4.78 is 0. The van der Waals surface area contributed by atoms with Gasteiger partial charge >= 0.3 is 6.03 Å². The van der Waals surface area contributed by atoms with Crippen molar-refractivity contribution in [2.45, 2.75) is 12.5 Å². The van der Waals surface area contributed by atoms with Crippen LogP contribution in [0, 0.1) is 0 Å². The van der Waals surface area contributed by atoms with Crippen LogP contribution in [0.5, 0.6) is 0 Å². The molecule has 2 heterocycles. The Kier molecular flexibility index (Phi) is 5.77. The number of hydrogen-bond donors (Lipinski definition) is 3. The number of amides is 2. The molecule has 0 unspecified atom stereocenters. The molecule has 0 fully saturated rings. The fourth-order valence-corrected chi connectivity index (χ4v) is 3.26. The number of hydrogen-bond acceptors (Lipinski definition) is 4. The highest BCUT2D eigenvalue weighted by Gasteiger charge is 2.12. The van der Waals surface area contributed by atoms with Crippen molar-refractivity contribution in [3.05, 3.63) is 71.2 Å². The van der Waals surface area contributed by atoms with Crippen molar-refractivity contribution in [1.82, 2.24) is 10.3 Å². The van der Waals surface area contributed by atoms with Gasteiger partial charge in [-0.25, -0.2) is 4.79 Å². The van der Waals surface area contributed by atoms with E-state index in [2.05, 4.69) is 15.6 Å². The molecule has 0 saturated carbocycles. The molecule has 0 aliphatic carbocycles. The molecule has 0 saturated heterocycles. The van der Waals surface area contributed by atoms with E-state index >= 15 is 0 Å². The lowest BCUT2D eigenvalue weighted by Gasteiger charge is -2.16. The van der Waals surface area contributed by atoms with Gasteiger partial charge in [-0.15, -0.1) is 11.3 Å². The van der Waals surface area contributed by atoms with Crippen LogP contribution in [-0.4, -0.2) is 28.8 Å². The number of benzene rings is 1. The van der Waals surface area contributed by atoms with E-state index in [1.807, 2.05) is 53.9 Å². The molecule has 0 aliphatic rings. The minimum absolute atomic E-state index is 0.105. The minimum atomic E-state index is -0.327. The lowest BCUT2D eigenvalue weighted by Crippen LogP contribution is -2.41. The fourth-order valence-electron chi connectivity index (χ4n) is 2.48. The highest BCUT2D eigenvalue weighted by molar-refractivity contribution is 7.09. The lowest BCUT2D eigenvalue weighted by atomic mass is 10.1. The second-order valence-corrected chi connectivity index (χ2v) is 6.61. The summed E-state index contributed by atoms with van der Waals surface area (Å²) >= 11 is 1.61. The molecule has 3 aromatic rings. The van der Waals surface area contributed by atoms with Crippen LogP contribution in [0.3, 0.4) is 0 Å². The van der Waals surface area contributed by atoms with Crippen molar-refractivity contribution in [3.8, 4) is 11.1 Å². The maximum atomic E-state index is 12.1. The molecule has 3 rings (SSSR count). The Morgan fingerprint density at radius 3 is 2.44 bits per heavy atom. The summed E-state index contributed by atoms with van der Waals surface area (Å²) in [5.41, 5.74) is 2.82. The van der Waals surface area contributed by atoms with Gasteiger partial charge in [0, 0.05) is 29.4 Å². The van der Waals surface area contributed by atoms with E-state index in [0.29, 0.717) is 12.1 Å². The number of nitrogens with zero attached hydrogens (tertiary/aromatic N) is 1. The second kappa shape index (κ2) is 8.41. The Balaban J connectivity index is 1.57. The van der Waals surface area contributed by atoms with Gasteiger partial charge in [-0.05, 0) is 46.8 Å². The van der Waals surface area contributed by atoms with E-state index in [1.165, 1.54) is 0 Å². The van der Waals surface area contributed by atoms with E-state index in [-0.39, 0.29) is 18.7 Å². The Labute approximate surface area is 150 Å². The van der Waals surface area contributed by atoms with Crippen LogP contribution in [0.25, 0.3) is 11.1 Å². The number of aromatic nitrogens is 1.